The van der Waals surface area contributed by atoms with Gasteiger partial charge in [0, 0.05) is 0 Å². The molecular weight excluding hydrogens is 143 g/mol. The van der Waals surface area contributed by atoms with Gasteiger partial charge in [0.2, 0.25) is 0 Å². The molecule has 0 spiro atoms. The number of rotatable bonds is 4. The molecule has 0 heterocycles. The SMILES string of the molecule is CBc1ccccc1CCCC. The van der Waals surface area contributed by atoms with Crippen molar-refractivity contribution in [2.24, 2.45) is 0 Å². The normalized spacial score (nSPS) is 9.83. The van der Waals surface area contributed by atoms with E-state index in [0.717, 1.165) is 0 Å². The molecule has 1 aromatic rings. The Bertz CT molecular complexity index is 230. The van der Waals surface area contributed by atoms with Gasteiger partial charge in [-0.25, -0.2) is 0 Å². The molecule has 0 saturated heterocycles. The van der Waals surface area contributed by atoms with E-state index in [1.807, 2.05) is 0 Å². The van der Waals surface area contributed by atoms with E-state index >= 15 is 0 Å². The highest BCUT2D eigenvalue weighted by Gasteiger charge is 1.98. The molecule has 12 heavy (non-hydrogen) atoms. The molecule has 0 aliphatic heterocycles. The largest absolute Gasteiger partial charge is 0.154 e. The predicted molar refractivity (Wildman–Crippen MR) is 57.7 cm³/mol. The summed E-state index contributed by atoms with van der Waals surface area (Å²) in [6.07, 6.45) is 3.86. The van der Waals surface area contributed by atoms with Crippen LogP contribution < -0.4 is 5.46 Å². The molecule has 0 unspecified atom stereocenters. The van der Waals surface area contributed by atoms with Crippen LogP contribution in [0.25, 0.3) is 0 Å². The van der Waals surface area contributed by atoms with E-state index in [9.17, 15) is 0 Å². The zero-order chi connectivity index (χ0) is 8.81. The summed E-state index contributed by atoms with van der Waals surface area (Å²) in [5.41, 5.74) is 3.06. The molecule has 0 aliphatic rings. The van der Waals surface area contributed by atoms with Crippen molar-refractivity contribution in [3.63, 3.8) is 0 Å². The van der Waals surface area contributed by atoms with Gasteiger partial charge in [-0.2, -0.15) is 0 Å². The lowest BCUT2D eigenvalue weighted by molar-refractivity contribution is 0.798. The fourth-order valence-corrected chi connectivity index (χ4v) is 1.51. The highest BCUT2D eigenvalue weighted by molar-refractivity contribution is 6.52. The first kappa shape index (κ1) is 9.37. The van der Waals surface area contributed by atoms with Crippen LogP contribution in [-0.4, -0.2) is 7.28 Å². The monoisotopic (exact) mass is 160 g/mol. The van der Waals surface area contributed by atoms with Gasteiger partial charge in [-0.05, 0) is 12.8 Å². The standard InChI is InChI=1S/C11H17B/c1-3-4-7-10-8-5-6-9-11(10)12-2/h5-6,8-9,12H,3-4,7H2,1-2H3. The highest BCUT2D eigenvalue weighted by Crippen LogP contribution is 2.01. The first-order valence-corrected chi connectivity index (χ1v) is 4.95. The molecule has 64 valence electrons. The molecule has 0 nitrogen and oxygen atoms in total. The first-order chi connectivity index (χ1) is 5.88. The zero-order valence-electron chi connectivity index (χ0n) is 8.14. The van der Waals surface area contributed by atoms with Gasteiger partial charge >= 0.3 is 0 Å². The van der Waals surface area contributed by atoms with Gasteiger partial charge in [-0.15, -0.1) is 0 Å². The van der Waals surface area contributed by atoms with Crippen LogP contribution in [-0.2, 0) is 6.42 Å². The van der Waals surface area contributed by atoms with Gasteiger partial charge in [0.1, 0.15) is 0 Å². The number of hydrogen-bond acceptors (Lipinski definition) is 0. The third kappa shape index (κ3) is 2.40. The molecule has 0 aliphatic carbocycles. The second-order valence-electron chi connectivity index (χ2n) is 3.23. The third-order valence-electron chi connectivity index (χ3n) is 2.30. The highest BCUT2D eigenvalue weighted by atomic mass is 14.0. The summed E-state index contributed by atoms with van der Waals surface area (Å²) in [5.74, 6) is 0. The maximum absolute atomic E-state index is 2.26. The van der Waals surface area contributed by atoms with Crippen molar-refractivity contribution in [3.8, 4) is 0 Å². The van der Waals surface area contributed by atoms with Crippen molar-refractivity contribution in [2.45, 2.75) is 33.0 Å². The minimum atomic E-state index is 1.17. The zero-order valence-corrected chi connectivity index (χ0v) is 8.14. The van der Waals surface area contributed by atoms with E-state index in [1.165, 1.54) is 32.0 Å². The van der Waals surface area contributed by atoms with E-state index in [-0.39, 0.29) is 0 Å². The minimum Gasteiger partial charge on any atom is -0.0849 e. The lowest BCUT2D eigenvalue weighted by atomic mass is 9.70. The van der Waals surface area contributed by atoms with Crippen LogP contribution in [0.15, 0.2) is 24.3 Å². The topological polar surface area (TPSA) is 0 Å². The molecular formula is C11H17B. The second kappa shape index (κ2) is 5.02. The van der Waals surface area contributed by atoms with Crippen LogP contribution in [0.1, 0.15) is 25.3 Å². The Balaban J connectivity index is 2.68. The Labute approximate surface area is 76.2 Å². The number of benzene rings is 1. The second-order valence-corrected chi connectivity index (χ2v) is 3.23. The third-order valence-corrected chi connectivity index (χ3v) is 2.30. The van der Waals surface area contributed by atoms with Crippen molar-refractivity contribution in [3.05, 3.63) is 29.8 Å². The smallest absolute Gasteiger partial charge is 0.0849 e. The molecule has 1 heteroatoms. The van der Waals surface area contributed by atoms with Crippen LogP contribution in [0.2, 0.25) is 6.82 Å². The molecule has 0 N–H and O–H groups in total. The van der Waals surface area contributed by atoms with Crippen molar-refractivity contribution >= 4 is 12.7 Å². The maximum atomic E-state index is 2.26. The van der Waals surface area contributed by atoms with Crippen molar-refractivity contribution in [1.29, 1.82) is 0 Å². The Morgan fingerprint density at radius 2 is 2.00 bits per heavy atom. The maximum Gasteiger partial charge on any atom is 0.154 e. The van der Waals surface area contributed by atoms with Gasteiger partial charge in [0.15, 0.2) is 7.28 Å². The number of unbranched alkanes of at least 4 members (excludes halogenated alkanes) is 1. The summed E-state index contributed by atoms with van der Waals surface area (Å²) in [7, 11) is 1.17. The van der Waals surface area contributed by atoms with Gasteiger partial charge < -0.3 is 0 Å². The summed E-state index contributed by atoms with van der Waals surface area (Å²) < 4.78 is 0. The van der Waals surface area contributed by atoms with Crippen LogP contribution in [0.5, 0.6) is 0 Å². The Morgan fingerprint density at radius 1 is 1.25 bits per heavy atom. The quantitative estimate of drug-likeness (QED) is 0.592. The van der Waals surface area contributed by atoms with Crippen LogP contribution in [0.4, 0.5) is 0 Å². The molecule has 0 bridgehead atoms. The molecule has 0 saturated carbocycles. The molecule has 0 atom stereocenters. The lowest BCUT2D eigenvalue weighted by Gasteiger charge is -2.05. The van der Waals surface area contributed by atoms with Gasteiger partial charge in [-0.3, -0.25) is 0 Å². The summed E-state index contributed by atoms with van der Waals surface area (Å²) in [6.45, 7) is 4.47. The van der Waals surface area contributed by atoms with Crippen LogP contribution >= 0.6 is 0 Å². The minimum absolute atomic E-state index is 1.17. The van der Waals surface area contributed by atoms with E-state index in [2.05, 4.69) is 38.0 Å². The molecule has 1 aromatic carbocycles. The summed E-state index contributed by atoms with van der Waals surface area (Å²) >= 11 is 0. The molecule has 0 aromatic heterocycles. The molecule has 0 fully saturated rings. The van der Waals surface area contributed by atoms with E-state index in [1.54, 1.807) is 5.56 Å². The Kier molecular flexibility index (Phi) is 3.92. The summed E-state index contributed by atoms with van der Waals surface area (Å²) in [5, 5.41) is 0. The van der Waals surface area contributed by atoms with Gasteiger partial charge in [-0.1, -0.05) is 55.5 Å². The van der Waals surface area contributed by atoms with E-state index in [0.29, 0.717) is 0 Å². The number of hydrogen-bond donors (Lipinski definition) is 0. The van der Waals surface area contributed by atoms with Gasteiger partial charge in [0.25, 0.3) is 0 Å². The van der Waals surface area contributed by atoms with Crippen molar-refractivity contribution in [2.75, 3.05) is 0 Å². The molecule has 0 amide bonds. The fraction of sp³-hybridized carbons (Fsp3) is 0.455. The first-order valence-electron chi connectivity index (χ1n) is 4.95. The van der Waals surface area contributed by atoms with Crippen molar-refractivity contribution < 1.29 is 0 Å². The predicted octanol–water partition coefficient (Wildman–Crippen LogP) is 2.14. The molecule has 1 rings (SSSR count). The van der Waals surface area contributed by atoms with Crippen LogP contribution in [0, 0.1) is 0 Å². The Morgan fingerprint density at radius 3 is 2.67 bits per heavy atom. The van der Waals surface area contributed by atoms with Crippen molar-refractivity contribution in [1.82, 2.24) is 0 Å². The lowest BCUT2D eigenvalue weighted by Crippen LogP contribution is -2.15. The Hall–Kier alpha value is -0.715. The van der Waals surface area contributed by atoms with Crippen LogP contribution in [0.3, 0.4) is 0 Å². The van der Waals surface area contributed by atoms with E-state index in [4.69, 9.17) is 0 Å². The molecule has 0 radical (unpaired) electrons. The summed E-state index contributed by atoms with van der Waals surface area (Å²) in [4.78, 5) is 0. The fourth-order valence-electron chi connectivity index (χ4n) is 1.51. The van der Waals surface area contributed by atoms with E-state index < -0.39 is 0 Å². The number of aryl methyl sites for hydroxylation is 1. The average Bonchev–Trinajstić information content (AvgIpc) is 2.15. The average molecular weight is 160 g/mol. The van der Waals surface area contributed by atoms with Gasteiger partial charge in [0.05, 0.1) is 0 Å². The summed E-state index contributed by atoms with van der Waals surface area (Å²) in [6, 6.07) is 8.78.